The predicted octanol–water partition coefficient (Wildman–Crippen LogP) is 3.88. The van der Waals surface area contributed by atoms with E-state index in [-0.39, 0.29) is 22.8 Å². The molecule has 0 aliphatic rings. The highest BCUT2D eigenvalue weighted by atomic mass is 32.2. The monoisotopic (exact) mass is 354 g/mol. The van der Waals surface area contributed by atoms with Gasteiger partial charge in [0.15, 0.2) is 9.84 Å². The van der Waals surface area contributed by atoms with E-state index < -0.39 is 21.5 Å². The van der Waals surface area contributed by atoms with Crippen LogP contribution in [0.15, 0.2) is 41.3 Å². The van der Waals surface area contributed by atoms with Crippen LogP contribution < -0.4 is 0 Å². The van der Waals surface area contributed by atoms with Crippen LogP contribution in [0.5, 0.6) is 0 Å². The van der Waals surface area contributed by atoms with Crippen LogP contribution in [0.3, 0.4) is 0 Å². The minimum Gasteiger partial charge on any atom is -0.396 e. The molecule has 2 aromatic carbocycles. The van der Waals surface area contributed by atoms with Gasteiger partial charge >= 0.3 is 0 Å². The van der Waals surface area contributed by atoms with Crippen LogP contribution in [0.4, 0.5) is 8.78 Å². The molecule has 2 rings (SSSR count). The predicted molar refractivity (Wildman–Crippen MR) is 89.5 cm³/mol. The maximum atomic E-state index is 13.9. The first-order chi connectivity index (χ1) is 11.3. The third-order valence-electron chi connectivity index (χ3n) is 3.85. The van der Waals surface area contributed by atoms with Gasteiger partial charge in [-0.1, -0.05) is 12.5 Å². The first-order valence-electron chi connectivity index (χ1n) is 7.75. The van der Waals surface area contributed by atoms with Crippen molar-refractivity contribution in [2.45, 2.75) is 31.1 Å². The van der Waals surface area contributed by atoms with E-state index in [4.69, 9.17) is 5.11 Å². The molecular formula is C18H20F2O3S. The number of rotatable bonds is 7. The Balaban J connectivity index is 2.26. The van der Waals surface area contributed by atoms with E-state index in [9.17, 15) is 17.2 Å². The van der Waals surface area contributed by atoms with Gasteiger partial charge < -0.3 is 5.11 Å². The van der Waals surface area contributed by atoms with Crippen LogP contribution in [0.2, 0.25) is 0 Å². The van der Waals surface area contributed by atoms with Crippen molar-refractivity contribution >= 4 is 9.84 Å². The average Bonchev–Trinajstić information content (AvgIpc) is 2.52. The number of aryl methyl sites for hydroxylation is 1. The first kappa shape index (κ1) is 18.5. The van der Waals surface area contributed by atoms with Gasteiger partial charge in [0, 0.05) is 18.2 Å². The van der Waals surface area contributed by atoms with E-state index in [0.29, 0.717) is 30.4 Å². The number of halogens is 2. The second-order valence-electron chi connectivity index (χ2n) is 5.70. The van der Waals surface area contributed by atoms with Gasteiger partial charge in [0.1, 0.15) is 11.6 Å². The van der Waals surface area contributed by atoms with E-state index in [1.54, 1.807) is 13.0 Å². The Kier molecular flexibility index (Phi) is 6.07. The van der Waals surface area contributed by atoms with Gasteiger partial charge in [0.05, 0.1) is 10.6 Å². The summed E-state index contributed by atoms with van der Waals surface area (Å²) in [6, 6.07) is 7.83. The third-order valence-corrected chi connectivity index (χ3v) is 5.65. The average molecular weight is 354 g/mol. The molecule has 0 aliphatic carbocycles. The summed E-state index contributed by atoms with van der Waals surface area (Å²) in [5.74, 6) is -1.33. The van der Waals surface area contributed by atoms with Gasteiger partial charge in [-0.05, 0) is 55.2 Å². The molecule has 0 bridgehead atoms. The summed E-state index contributed by atoms with van der Waals surface area (Å²) < 4.78 is 51.6. The minimum absolute atomic E-state index is 0.0106. The highest BCUT2D eigenvalue weighted by molar-refractivity contribution is 7.91. The number of hydrogen-bond donors (Lipinski definition) is 1. The summed E-state index contributed by atoms with van der Waals surface area (Å²) in [5, 5.41) is 8.72. The maximum absolute atomic E-state index is 13.9. The molecule has 0 amide bonds. The van der Waals surface area contributed by atoms with Crippen molar-refractivity contribution in [3.63, 3.8) is 0 Å². The van der Waals surface area contributed by atoms with Crippen LogP contribution in [-0.4, -0.2) is 25.9 Å². The van der Waals surface area contributed by atoms with Crippen molar-refractivity contribution < 1.29 is 22.3 Å². The van der Waals surface area contributed by atoms with Crippen LogP contribution in [0, 0.1) is 18.6 Å². The summed E-state index contributed by atoms with van der Waals surface area (Å²) in [5.41, 5.74) is 1.38. The standard InChI is InChI=1S/C18H20F2O3S/c1-13-11-15(24(22,23)10-4-2-3-9-21)6-8-16(13)17-7-5-14(19)12-18(17)20/h5-8,11-12,21H,2-4,9-10H2,1H3. The zero-order valence-electron chi connectivity index (χ0n) is 13.4. The van der Waals surface area contributed by atoms with Gasteiger partial charge in [-0.15, -0.1) is 0 Å². The zero-order chi connectivity index (χ0) is 17.7. The number of aliphatic hydroxyl groups is 1. The normalized spacial score (nSPS) is 11.7. The second kappa shape index (κ2) is 7.85. The molecule has 0 saturated heterocycles. The molecule has 2 aromatic rings. The van der Waals surface area contributed by atoms with Crippen LogP contribution in [0.25, 0.3) is 11.1 Å². The molecule has 0 aromatic heterocycles. The Morgan fingerprint density at radius 2 is 1.67 bits per heavy atom. The molecule has 0 saturated carbocycles. The van der Waals surface area contributed by atoms with Gasteiger partial charge in [-0.25, -0.2) is 17.2 Å². The lowest BCUT2D eigenvalue weighted by atomic mass is 10.0. The molecule has 0 radical (unpaired) electrons. The molecule has 0 atom stereocenters. The molecule has 0 heterocycles. The number of unbranched alkanes of at least 4 members (excludes halogenated alkanes) is 2. The molecule has 24 heavy (non-hydrogen) atoms. The lowest BCUT2D eigenvalue weighted by Crippen LogP contribution is -2.07. The smallest absolute Gasteiger partial charge is 0.178 e. The summed E-state index contributed by atoms with van der Waals surface area (Å²) in [6.07, 6.45) is 1.71. The van der Waals surface area contributed by atoms with E-state index >= 15 is 0 Å². The Morgan fingerprint density at radius 1 is 0.958 bits per heavy atom. The molecule has 0 aliphatic heterocycles. The minimum atomic E-state index is -3.41. The van der Waals surface area contributed by atoms with E-state index in [2.05, 4.69) is 0 Å². The fraction of sp³-hybridized carbons (Fsp3) is 0.333. The summed E-state index contributed by atoms with van der Waals surface area (Å²) >= 11 is 0. The van der Waals surface area contributed by atoms with Gasteiger partial charge in [0.25, 0.3) is 0 Å². The van der Waals surface area contributed by atoms with Crippen LogP contribution in [-0.2, 0) is 9.84 Å². The lowest BCUT2D eigenvalue weighted by Gasteiger charge is -2.11. The van der Waals surface area contributed by atoms with Crippen molar-refractivity contribution in [2.24, 2.45) is 0 Å². The van der Waals surface area contributed by atoms with Gasteiger partial charge in [-0.2, -0.15) is 0 Å². The lowest BCUT2D eigenvalue weighted by molar-refractivity contribution is 0.284. The highest BCUT2D eigenvalue weighted by Gasteiger charge is 2.16. The van der Waals surface area contributed by atoms with E-state index in [1.165, 1.54) is 24.3 Å². The fourth-order valence-corrected chi connectivity index (χ4v) is 3.99. The maximum Gasteiger partial charge on any atom is 0.178 e. The number of sulfone groups is 1. The summed E-state index contributed by atoms with van der Waals surface area (Å²) in [6.45, 7) is 1.75. The van der Waals surface area contributed by atoms with Crippen molar-refractivity contribution in [1.29, 1.82) is 0 Å². The van der Waals surface area contributed by atoms with E-state index in [0.717, 1.165) is 6.07 Å². The van der Waals surface area contributed by atoms with Gasteiger partial charge in [0.2, 0.25) is 0 Å². The fourth-order valence-electron chi connectivity index (χ4n) is 2.54. The van der Waals surface area contributed by atoms with Crippen LogP contribution >= 0.6 is 0 Å². The van der Waals surface area contributed by atoms with Gasteiger partial charge in [-0.3, -0.25) is 0 Å². The second-order valence-corrected chi connectivity index (χ2v) is 7.81. The molecular weight excluding hydrogens is 334 g/mol. The molecule has 3 nitrogen and oxygen atoms in total. The molecule has 0 spiro atoms. The summed E-state index contributed by atoms with van der Waals surface area (Å²) in [7, 11) is -3.41. The topological polar surface area (TPSA) is 54.4 Å². The molecule has 1 N–H and O–H groups in total. The van der Waals surface area contributed by atoms with Crippen LogP contribution in [0.1, 0.15) is 24.8 Å². The van der Waals surface area contributed by atoms with E-state index in [1.807, 2.05) is 0 Å². The quantitative estimate of drug-likeness (QED) is 0.768. The molecule has 0 unspecified atom stereocenters. The Labute approximate surface area is 140 Å². The Hall–Kier alpha value is -1.79. The van der Waals surface area contributed by atoms with Crippen molar-refractivity contribution in [2.75, 3.05) is 12.4 Å². The largest absolute Gasteiger partial charge is 0.396 e. The highest BCUT2D eigenvalue weighted by Crippen LogP contribution is 2.29. The summed E-state index contributed by atoms with van der Waals surface area (Å²) in [4.78, 5) is 0.190. The number of aliphatic hydroxyl groups excluding tert-OH is 1. The zero-order valence-corrected chi connectivity index (χ0v) is 14.2. The molecule has 0 fully saturated rings. The molecule has 6 heteroatoms. The molecule has 130 valence electrons. The SMILES string of the molecule is Cc1cc(S(=O)(=O)CCCCCO)ccc1-c1ccc(F)cc1F. The Morgan fingerprint density at radius 3 is 2.29 bits per heavy atom. The third kappa shape index (κ3) is 4.39. The first-order valence-corrected chi connectivity index (χ1v) is 9.40. The van der Waals surface area contributed by atoms with Crippen molar-refractivity contribution in [1.82, 2.24) is 0 Å². The number of benzene rings is 2. The number of hydrogen-bond acceptors (Lipinski definition) is 3. The van der Waals surface area contributed by atoms with Crippen molar-refractivity contribution in [3.8, 4) is 11.1 Å². The van der Waals surface area contributed by atoms with Crippen molar-refractivity contribution in [3.05, 3.63) is 53.6 Å². The Bertz CT molecular complexity index is 817.